The van der Waals surface area contributed by atoms with Gasteiger partial charge in [0.1, 0.15) is 5.75 Å². The molecule has 0 heterocycles. The Kier molecular flexibility index (Phi) is 7.76. The summed E-state index contributed by atoms with van der Waals surface area (Å²) in [7, 11) is 0. The van der Waals surface area contributed by atoms with Crippen molar-refractivity contribution >= 4 is 40.5 Å². The van der Waals surface area contributed by atoms with Gasteiger partial charge in [0, 0.05) is 23.4 Å². The van der Waals surface area contributed by atoms with Gasteiger partial charge in [-0.25, -0.2) is 0 Å². The molecule has 0 bridgehead atoms. The van der Waals surface area contributed by atoms with Crippen molar-refractivity contribution in [2.45, 2.75) is 26.7 Å². The van der Waals surface area contributed by atoms with Gasteiger partial charge in [-0.05, 0) is 62.0 Å². The largest absolute Gasteiger partial charge is 0.494 e. The lowest BCUT2D eigenvalue weighted by atomic mass is 10.2. The molecule has 0 aliphatic carbocycles. The molecule has 0 aromatic heterocycles. The van der Waals surface area contributed by atoms with Crippen LogP contribution in [0.2, 0.25) is 0 Å². The number of nitrogens with one attached hydrogen (secondary N) is 3. The summed E-state index contributed by atoms with van der Waals surface area (Å²) < 4.78 is 5.40. The molecule has 27 heavy (non-hydrogen) atoms. The molecule has 2 aromatic rings. The highest BCUT2D eigenvalue weighted by atomic mass is 32.1. The summed E-state index contributed by atoms with van der Waals surface area (Å²) >= 11 is 5.21. The van der Waals surface area contributed by atoms with Gasteiger partial charge in [-0.3, -0.25) is 14.9 Å². The van der Waals surface area contributed by atoms with E-state index in [4.69, 9.17) is 17.0 Å². The molecule has 142 valence electrons. The van der Waals surface area contributed by atoms with Crippen LogP contribution in [-0.4, -0.2) is 23.5 Å². The molecular weight excluding hydrogens is 362 g/mol. The topological polar surface area (TPSA) is 79.5 Å². The molecule has 0 spiro atoms. The fourth-order valence-corrected chi connectivity index (χ4v) is 2.57. The summed E-state index contributed by atoms with van der Waals surface area (Å²) in [6.45, 7) is 4.35. The molecular formula is C20H23N3O3S. The SMILES string of the molecule is CCCC(=O)Nc1cccc(NC(=S)NC(=O)c2cccc(OCC)c2)c1. The first-order valence-corrected chi connectivity index (χ1v) is 9.17. The number of hydrogen-bond acceptors (Lipinski definition) is 4. The lowest BCUT2D eigenvalue weighted by molar-refractivity contribution is -0.116. The Morgan fingerprint density at radius 1 is 1.00 bits per heavy atom. The second-order valence-electron chi connectivity index (χ2n) is 5.75. The molecule has 3 N–H and O–H groups in total. The van der Waals surface area contributed by atoms with Crippen LogP contribution in [0.15, 0.2) is 48.5 Å². The standard InChI is InChI=1S/C20H23N3O3S/c1-3-7-18(24)21-15-9-6-10-16(13-15)22-20(27)23-19(25)14-8-5-11-17(12-14)26-4-2/h5-6,8-13H,3-4,7H2,1-2H3,(H,21,24)(H2,22,23,25,27). The number of carbonyl (C=O) groups excluding carboxylic acids is 2. The molecule has 0 saturated heterocycles. The van der Waals surface area contributed by atoms with Crippen LogP contribution in [-0.2, 0) is 4.79 Å². The summed E-state index contributed by atoms with van der Waals surface area (Å²) in [6, 6.07) is 14.0. The van der Waals surface area contributed by atoms with Crippen molar-refractivity contribution < 1.29 is 14.3 Å². The average Bonchev–Trinajstić information content (AvgIpc) is 2.62. The van der Waals surface area contributed by atoms with Crippen LogP contribution in [0.1, 0.15) is 37.0 Å². The number of anilines is 2. The third kappa shape index (κ3) is 6.71. The second kappa shape index (κ2) is 10.3. The minimum Gasteiger partial charge on any atom is -0.494 e. The van der Waals surface area contributed by atoms with E-state index in [2.05, 4.69) is 16.0 Å². The first-order chi connectivity index (χ1) is 13.0. The van der Waals surface area contributed by atoms with Crippen LogP contribution in [0, 0.1) is 0 Å². The third-order valence-electron chi connectivity index (χ3n) is 3.52. The minimum atomic E-state index is -0.332. The fraction of sp³-hybridized carbons (Fsp3) is 0.250. The number of carbonyl (C=O) groups is 2. The van der Waals surface area contributed by atoms with E-state index < -0.39 is 0 Å². The number of rotatable bonds is 7. The Bertz CT molecular complexity index is 824. The van der Waals surface area contributed by atoms with Crippen LogP contribution >= 0.6 is 12.2 Å². The monoisotopic (exact) mass is 385 g/mol. The number of amides is 2. The van der Waals surface area contributed by atoms with Gasteiger partial charge in [-0.2, -0.15) is 0 Å². The number of thiocarbonyl (C=S) groups is 1. The highest BCUT2D eigenvalue weighted by Gasteiger charge is 2.09. The average molecular weight is 385 g/mol. The maximum Gasteiger partial charge on any atom is 0.257 e. The number of ether oxygens (including phenoxy) is 1. The Morgan fingerprint density at radius 2 is 1.70 bits per heavy atom. The Morgan fingerprint density at radius 3 is 2.41 bits per heavy atom. The van der Waals surface area contributed by atoms with Gasteiger partial charge in [0.15, 0.2) is 5.11 Å². The van der Waals surface area contributed by atoms with Crippen LogP contribution in [0.5, 0.6) is 5.75 Å². The van der Waals surface area contributed by atoms with Crippen LogP contribution in [0.4, 0.5) is 11.4 Å². The van der Waals surface area contributed by atoms with Crippen LogP contribution in [0.25, 0.3) is 0 Å². The van der Waals surface area contributed by atoms with Crippen LogP contribution < -0.4 is 20.7 Å². The van der Waals surface area contributed by atoms with E-state index in [0.717, 1.165) is 6.42 Å². The normalized spacial score (nSPS) is 10.0. The second-order valence-corrected chi connectivity index (χ2v) is 6.16. The number of hydrogen-bond donors (Lipinski definition) is 3. The molecule has 2 aromatic carbocycles. The van der Waals surface area contributed by atoms with Crippen molar-refractivity contribution in [2.75, 3.05) is 17.2 Å². The zero-order chi connectivity index (χ0) is 19.6. The van der Waals surface area contributed by atoms with Gasteiger partial charge in [0.05, 0.1) is 6.61 Å². The zero-order valence-corrected chi connectivity index (χ0v) is 16.2. The first kappa shape index (κ1) is 20.4. The van der Waals surface area contributed by atoms with Gasteiger partial charge in [0.25, 0.3) is 5.91 Å². The first-order valence-electron chi connectivity index (χ1n) is 8.77. The molecule has 6 nitrogen and oxygen atoms in total. The van der Waals surface area contributed by atoms with Gasteiger partial charge in [0.2, 0.25) is 5.91 Å². The Labute approximate surface area is 164 Å². The summed E-state index contributed by atoms with van der Waals surface area (Å²) in [4.78, 5) is 24.0. The van der Waals surface area contributed by atoms with Gasteiger partial charge in [-0.15, -0.1) is 0 Å². The third-order valence-corrected chi connectivity index (χ3v) is 3.72. The van der Waals surface area contributed by atoms with E-state index in [1.807, 2.05) is 13.8 Å². The molecule has 0 aliphatic heterocycles. The quantitative estimate of drug-likeness (QED) is 0.629. The van der Waals surface area contributed by atoms with Crippen molar-refractivity contribution in [3.05, 3.63) is 54.1 Å². The van der Waals surface area contributed by atoms with Crippen molar-refractivity contribution in [2.24, 2.45) is 0 Å². The summed E-state index contributed by atoms with van der Waals surface area (Å²) in [5, 5.41) is 8.56. The van der Waals surface area contributed by atoms with E-state index in [0.29, 0.717) is 35.7 Å². The molecule has 2 amide bonds. The summed E-state index contributed by atoms with van der Waals surface area (Å²) in [5.41, 5.74) is 1.78. The fourth-order valence-electron chi connectivity index (χ4n) is 2.36. The minimum absolute atomic E-state index is 0.0419. The molecule has 0 fully saturated rings. The number of benzene rings is 2. The molecule has 0 atom stereocenters. The zero-order valence-electron chi connectivity index (χ0n) is 15.4. The van der Waals surface area contributed by atoms with Gasteiger partial charge < -0.3 is 15.4 Å². The summed E-state index contributed by atoms with van der Waals surface area (Å²) in [6.07, 6.45) is 1.25. The summed E-state index contributed by atoms with van der Waals surface area (Å²) in [5.74, 6) is 0.251. The van der Waals surface area contributed by atoms with E-state index >= 15 is 0 Å². The highest BCUT2D eigenvalue weighted by Crippen LogP contribution is 2.16. The van der Waals surface area contributed by atoms with E-state index in [9.17, 15) is 9.59 Å². The Hall–Kier alpha value is -2.93. The van der Waals surface area contributed by atoms with Crippen molar-refractivity contribution in [3.63, 3.8) is 0 Å². The molecule has 0 aliphatic rings. The molecule has 2 rings (SSSR count). The molecule has 0 unspecified atom stereocenters. The van der Waals surface area contributed by atoms with Crippen molar-refractivity contribution in [3.8, 4) is 5.75 Å². The van der Waals surface area contributed by atoms with E-state index in [1.54, 1.807) is 48.5 Å². The van der Waals surface area contributed by atoms with Crippen molar-refractivity contribution in [1.29, 1.82) is 0 Å². The van der Waals surface area contributed by atoms with E-state index in [-0.39, 0.29) is 16.9 Å². The smallest absolute Gasteiger partial charge is 0.257 e. The lowest BCUT2D eigenvalue weighted by Crippen LogP contribution is -2.34. The van der Waals surface area contributed by atoms with E-state index in [1.165, 1.54) is 0 Å². The maximum absolute atomic E-state index is 12.3. The predicted molar refractivity (Wildman–Crippen MR) is 111 cm³/mol. The maximum atomic E-state index is 12.3. The highest BCUT2D eigenvalue weighted by molar-refractivity contribution is 7.80. The molecule has 0 saturated carbocycles. The Balaban J connectivity index is 1.96. The van der Waals surface area contributed by atoms with Gasteiger partial charge in [-0.1, -0.05) is 19.1 Å². The lowest BCUT2D eigenvalue weighted by Gasteiger charge is -2.12. The predicted octanol–water partition coefficient (Wildman–Crippen LogP) is 3.95. The van der Waals surface area contributed by atoms with Gasteiger partial charge >= 0.3 is 0 Å². The van der Waals surface area contributed by atoms with Crippen molar-refractivity contribution in [1.82, 2.24) is 5.32 Å². The molecule has 0 radical (unpaired) electrons. The van der Waals surface area contributed by atoms with Crippen LogP contribution in [0.3, 0.4) is 0 Å². The molecule has 7 heteroatoms.